The van der Waals surface area contributed by atoms with Crippen LogP contribution in [-0.4, -0.2) is 13.7 Å². The third-order valence-electron chi connectivity index (χ3n) is 2.82. The third-order valence-corrected chi connectivity index (χ3v) is 2.82. The van der Waals surface area contributed by atoms with Crippen molar-refractivity contribution in [3.05, 3.63) is 23.8 Å². The molecule has 1 aromatic rings. The van der Waals surface area contributed by atoms with Gasteiger partial charge in [0.25, 0.3) is 0 Å². The van der Waals surface area contributed by atoms with Crippen LogP contribution in [0.1, 0.15) is 44.6 Å². The molecule has 0 aliphatic heterocycles. The molecule has 0 saturated carbocycles. The molecule has 2 heteroatoms. The maximum absolute atomic E-state index is 5.74. The molecule has 0 fully saturated rings. The second kappa shape index (κ2) is 7.99. The Kier molecular flexibility index (Phi) is 6.53. The summed E-state index contributed by atoms with van der Waals surface area (Å²) in [4.78, 5) is 0. The van der Waals surface area contributed by atoms with Gasteiger partial charge in [-0.05, 0) is 31.0 Å². The molecule has 1 aromatic carbocycles. The maximum atomic E-state index is 5.74. The van der Waals surface area contributed by atoms with Crippen molar-refractivity contribution in [2.24, 2.45) is 0 Å². The number of hydrogen-bond acceptors (Lipinski definition) is 2. The summed E-state index contributed by atoms with van der Waals surface area (Å²) in [6.07, 6.45) is 6.30. The van der Waals surface area contributed by atoms with Crippen LogP contribution < -0.4 is 9.47 Å². The molecule has 0 spiro atoms. The first kappa shape index (κ1) is 13.9. The van der Waals surface area contributed by atoms with Crippen LogP contribution in [0, 0.1) is 6.92 Å². The van der Waals surface area contributed by atoms with Gasteiger partial charge in [0.15, 0.2) is 11.5 Å². The molecule has 0 heterocycles. The van der Waals surface area contributed by atoms with Gasteiger partial charge in [0, 0.05) is 0 Å². The lowest BCUT2D eigenvalue weighted by atomic mass is 10.2. The van der Waals surface area contributed by atoms with Crippen molar-refractivity contribution >= 4 is 0 Å². The van der Waals surface area contributed by atoms with Crippen LogP contribution in [-0.2, 0) is 0 Å². The minimum Gasteiger partial charge on any atom is -0.493 e. The first-order valence-electron chi connectivity index (χ1n) is 6.55. The standard InChI is InChI=1S/C15H24O2/c1-4-5-6-7-8-11-17-14-10-9-13(2)12-15(14)16-3/h9-10,12H,4-8,11H2,1-3H3. The topological polar surface area (TPSA) is 18.5 Å². The van der Waals surface area contributed by atoms with Gasteiger partial charge < -0.3 is 9.47 Å². The van der Waals surface area contributed by atoms with Crippen molar-refractivity contribution in [2.75, 3.05) is 13.7 Å². The summed E-state index contributed by atoms with van der Waals surface area (Å²) in [6.45, 7) is 5.06. The molecule has 0 aliphatic rings. The van der Waals surface area contributed by atoms with E-state index < -0.39 is 0 Å². The lowest BCUT2D eigenvalue weighted by Gasteiger charge is -2.11. The van der Waals surface area contributed by atoms with Crippen LogP contribution in [0.2, 0.25) is 0 Å². The Hall–Kier alpha value is -1.18. The lowest BCUT2D eigenvalue weighted by Crippen LogP contribution is -1.99. The molecule has 1 rings (SSSR count). The highest BCUT2D eigenvalue weighted by molar-refractivity contribution is 5.42. The Morgan fingerprint density at radius 2 is 1.76 bits per heavy atom. The van der Waals surface area contributed by atoms with Crippen LogP contribution in [0.3, 0.4) is 0 Å². The quantitative estimate of drug-likeness (QED) is 0.625. The molecule has 96 valence electrons. The van der Waals surface area contributed by atoms with Gasteiger partial charge in [-0.15, -0.1) is 0 Å². The summed E-state index contributed by atoms with van der Waals surface area (Å²) in [5.41, 5.74) is 1.19. The summed E-state index contributed by atoms with van der Waals surface area (Å²) in [5.74, 6) is 1.69. The molecule has 0 saturated heterocycles. The van der Waals surface area contributed by atoms with Gasteiger partial charge in [0.1, 0.15) is 0 Å². The molecular formula is C15H24O2. The van der Waals surface area contributed by atoms with E-state index in [0.717, 1.165) is 24.5 Å². The van der Waals surface area contributed by atoms with E-state index >= 15 is 0 Å². The number of unbranched alkanes of at least 4 members (excludes halogenated alkanes) is 4. The van der Waals surface area contributed by atoms with E-state index in [0.29, 0.717) is 0 Å². The Balaban J connectivity index is 2.31. The van der Waals surface area contributed by atoms with E-state index in [1.807, 2.05) is 12.1 Å². The van der Waals surface area contributed by atoms with E-state index in [2.05, 4.69) is 19.9 Å². The highest BCUT2D eigenvalue weighted by Gasteiger charge is 2.03. The van der Waals surface area contributed by atoms with Crippen LogP contribution in [0.5, 0.6) is 11.5 Å². The summed E-state index contributed by atoms with van der Waals surface area (Å²) in [5, 5.41) is 0. The predicted octanol–water partition coefficient (Wildman–Crippen LogP) is 4.35. The number of benzene rings is 1. The molecular weight excluding hydrogens is 212 g/mol. The largest absolute Gasteiger partial charge is 0.493 e. The third kappa shape index (κ3) is 5.12. The van der Waals surface area contributed by atoms with Crippen LogP contribution in [0.15, 0.2) is 18.2 Å². The molecule has 0 atom stereocenters. The number of aryl methyl sites for hydroxylation is 1. The zero-order valence-electron chi connectivity index (χ0n) is 11.3. The molecule has 0 bridgehead atoms. The molecule has 0 N–H and O–H groups in total. The van der Waals surface area contributed by atoms with E-state index in [4.69, 9.17) is 9.47 Å². The fourth-order valence-electron chi connectivity index (χ4n) is 1.78. The molecule has 0 aromatic heterocycles. The van der Waals surface area contributed by atoms with Gasteiger partial charge in [-0.25, -0.2) is 0 Å². The smallest absolute Gasteiger partial charge is 0.161 e. The summed E-state index contributed by atoms with van der Waals surface area (Å²) in [6, 6.07) is 6.04. The van der Waals surface area contributed by atoms with Crippen molar-refractivity contribution in [2.45, 2.75) is 46.0 Å². The van der Waals surface area contributed by atoms with Crippen molar-refractivity contribution in [3.8, 4) is 11.5 Å². The monoisotopic (exact) mass is 236 g/mol. The second-order valence-corrected chi connectivity index (χ2v) is 4.42. The Morgan fingerprint density at radius 3 is 2.47 bits per heavy atom. The fraction of sp³-hybridized carbons (Fsp3) is 0.600. The van der Waals surface area contributed by atoms with Crippen molar-refractivity contribution in [3.63, 3.8) is 0 Å². The van der Waals surface area contributed by atoms with Gasteiger partial charge in [0.05, 0.1) is 13.7 Å². The van der Waals surface area contributed by atoms with Crippen LogP contribution >= 0.6 is 0 Å². The average Bonchev–Trinajstić information content (AvgIpc) is 2.35. The summed E-state index contributed by atoms with van der Waals surface area (Å²) in [7, 11) is 1.68. The van der Waals surface area contributed by atoms with Gasteiger partial charge in [-0.2, -0.15) is 0 Å². The molecule has 2 nitrogen and oxygen atoms in total. The molecule has 0 amide bonds. The van der Waals surface area contributed by atoms with Gasteiger partial charge in [0.2, 0.25) is 0 Å². The average molecular weight is 236 g/mol. The van der Waals surface area contributed by atoms with Crippen molar-refractivity contribution < 1.29 is 9.47 Å². The van der Waals surface area contributed by atoms with E-state index in [1.165, 1.54) is 31.2 Å². The zero-order chi connectivity index (χ0) is 12.5. The summed E-state index contributed by atoms with van der Waals surface area (Å²) >= 11 is 0. The van der Waals surface area contributed by atoms with Crippen LogP contribution in [0.4, 0.5) is 0 Å². The predicted molar refractivity (Wildman–Crippen MR) is 72.0 cm³/mol. The Morgan fingerprint density at radius 1 is 1.00 bits per heavy atom. The van der Waals surface area contributed by atoms with E-state index in [1.54, 1.807) is 7.11 Å². The van der Waals surface area contributed by atoms with Gasteiger partial charge >= 0.3 is 0 Å². The van der Waals surface area contributed by atoms with Crippen molar-refractivity contribution in [1.29, 1.82) is 0 Å². The number of methoxy groups -OCH3 is 1. The summed E-state index contributed by atoms with van der Waals surface area (Å²) < 4.78 is 11.0. The normalized spacial score (nSPS) is 10.3. The molecule has 0 aliphatic carbocycles. The highest BCUT2D eigenvalue weighted by atomic mass is 16.5. The Bertz CT molecular complexity index is 321. The molecule has 0 unspecified atom stereocenters. The van der Waals surface area contributed by atoms with Gasteiger partial charge in [-0.3, -0.25) is 0 Å². The first-order valence-corrected chi connectivity index (χ1v) is 6.55. The van der Waals surface area contributed by atoms with E-state index in [-0.39, 0.29) is 0 Å². The van der Waals surface area contributed by atoms with Crippen molar-refractivity contribution in [1.82, 2.24) is 0 Å². The highest BCUT2D eigenvalue weighted by Crippen LogP contribution is 2.27. The van der Waals surface area contributed by atoms with E-state index in [9.17, 15) is 0 Å². The minimum absolute atomic E-state index is 0.781. The van der Waals surface area contributed by atoms with Crippen LogP contribution in [0.25, 0.3) is 0 Å². The minimum atomic E-state index is 0.781. The lowest BCUT2D eigenvalue weighted by molar-refractivity contribution is 0.284. The molecule has 17 heavy (non-hydrogen) atoms. The fourth-order valence-corrected chi connectivity index (χ4v) is 1.78. The Labute approximate surface area is 105 Å². The maximum Gasteiger partial charge on any atom is 0.161 e. The number of rotatable bonds is 8. The SMILES string of the molecule is CCCCCCCOc1ccc(C)cc1OC. The first-order chi connectivity index (χ1) is 8.27. The number of hydrogen-bond donors (Lipinski definition) is 0. The number of ether oxygens (including phenoxy) is 2. The zero-order valence-corrected chi connectivity index (χ0v) is 11.3. The van der Waals surface area contributed by atoms with Gasteiger partial charge in [-0.1, -0.05) is 38.7 Å². The molecule has 0 radical (unpaired) electrons. The second-order valence-electron chi connectivity index (χ2n) is 4.42.